The summed E-state index contributed by atoms with van der Waals surface area (Å²) in [4.78, 5) is 19.7. The van der Waals surface area contributed by atoms with E-state index in [-0.39, 0.29) is 18.0 Å². The van der Waals surface area contributed by atoms with Crippen molar-refractivity contribution in [2.24, 2.45) is 5.92 Å². The molecule has 2 aromatic heterocycles. The maximum Gasteiger partial charge on any atom is 0.256 e. The average Bonchev–Trinajstić information content (AvgIpc) is 3.37. The zero-order valence-electron chi connectivity index (χ0n) is 14.6. The van der Waals surface area contributed by atoms with E-state index in [0.717, 1.165) is 41.7 Å². The van der Waals surface area contributed by atoms with E-state index in [1.165, 1.54) is 0 Å². The molecule has 3 aromatic rings. The molecular weight excluding hydrogens is 326 g/mol. The molecule has 2 bridgehead atoms. The SMILES string of the molecule is Cc1ccc(NC2CC3CC2N(C(=O)c2cccc4cn[nH]c24)C3)nc1. The minimum Gasteiger partial charge on any atom is -0.365 e. The number of nitrogens with zero attached hydrogens (tertiary/aromatic N) is 3. The lowest BCUT2D eigenvalue weighted by Crippen LogP contribution is -2.47. The quantitative estimate of drug-likeness (QED) is 0.764. The number of anilines is 1. The van der Waals surface area contributed by atoms with E-state index in [2.05, 4.69) is 26.6 Å². The summed E-state index contributed by atoms with van der Waals surface area (Å²) in [5.74, 6) is 1.54. The van der Waals surface area contributed by atoms with Crippen molar-refractivity contribution in [3.63, 3.8) is 0 Å². The molecule has 0 spiro atoms. The Morgan fingerprint density at radius 2 is 2.15 bits per heavy atom. The van der Waals surface area contributed by atoms with Crippen molar-refractivity contribution >= 4 is 22.6 Å². The Hall–Kier alpha value is -2.89. The smallest absolute Gasteiger partial charge is 0.256 e. The van der Waals surface area contributed by atoms with Crippen LogP contribution in [0.2, 0.25) is 0 Å². The van der Waals surface area contributed by atoms with Crippen molar-refractivity contribution in [2.45, 2.75) is 31.8 Å². The predicted octanol–water partition coefficient (Wildman–Crippen LogP) is 2.98. The Balaban J connectivity index is 1.39. The van der Waals surface area contributed by atoms with Crippen molar-refractivity contribution in [3.8, 4) is 0 Å². The van der Waals surface area contributed by atoms with E-state index in [1.807, 2.05) is 42.3 Å². The maximum absolute atomic E-state index is 13.2. The first-order valence-electron chi connectivity index (χ1n) is 9.11. The van der Waals surface area contributed by atoms with Crippen LogP contribution in [0.5, 0.6) is 0 Å². The lowest BCUT2D eigenvalue weighted by Gasteiger charge is -2.34. The third kappa shape index (κ3) is 2.44. The van der Waals surface area contributed by atoms with Gasteiger partial charge in [0.05, 0.1) is 23.3 Å². The second-order valence-corrected chi connectivity index (χ2v) is 7.47. The van der Waals surface area contributed by atoms with Gasteiger partial charge in [-0.15, -0.1) is 0 Å². The van der Waals surface area contributed by atoms with Crippen LogP contribution in [0.25, 0.3) is 10.9 Å². The van der Waals surface area contributed by atoms with Crippen LogP contribution in [-0.2, 0) is 0 Å². The molecule has 3 unspecified atom stereocenters. The third-order valence-corrected chi connectivity index (χ3v) is 5.69. The van der Waals surface area contributed by atoms with Crippen LogP contribution in [0.15, 0.2) is 42.7 Å². The molecule has 132 valence electrons. The lowest BCUT2D eigenvalue weighted by molar-refractivity contribution is 0.0694. The standard InChI is InChI=1S/C20H21N5O/c1-12-5-6-18(21-9-12)23-16-7-13-8-17(16)25(11-13)20(26)15-4-2-3-14-10-22-24-19(14)15/h2-6,9-10,13,16-17H,7-8,11H2,1H3,(H,21,23)(H,22,24). The van der Waals surface area contributed by atoms with Gasteiger partial charge in [-0.1, -0.05) is 18.2 Å². The van der Waals surface area contributed by atoms with Crippen molar-refractivity contribution in [1.82, 2.24) is 20.1 Å². The van der Waals surface area contributed by atoms with Gasteiger partial charge in [-0.2, -0.15) is 5.10 Å². The number of nitrogens with one attached hydrogen (secondary N) is 2. The second kappa shape index (κ2) is 5.83. The fourth-order valence-electron chi connectivity index (χ4n) is 4.46. The molecule has 5 rings (SSSR count). The first-order chi connectivity index (χ1) is 12.7. The molecule has 2 N–H and O–H groups in total. The Labute approximate surface area is 151 Å². The van der Waals surface area contributed by atoms with Gasteiger partial charge in [0, 0.05) is 24.2 Å². The number of para-hydroxylation sites is 1. The number of carbonyl (C=O) groups is 1. The summed E-state index contributed by atoms with van der Waals surface area (Å²) in [6.07, 6.45) is 5.79. The van der Waals surface area contributed by atoms with E-state index in [9.17, 15) is 4.79 Å². The topological polar surface area (TPSA) is 73.9 Å². The van der Waals surface area contributed by atoms with E-state index in [1.54, 1.807) is 6.20 Å². The minimum absolute atomic E-state index is 0.0933. The summed E-state index contributed by atoms with van der Waals surface area (Å²) >= 11 is 0. The van der Waals surface area contributed by atoms with Gasteiger partial charge in [-0.25, -0.2) is 4.98 Å². The van der Waals surface area contributed by atoms with Crippen molar-refractivity contribution in [2.75, 3.05) is 11.9 Å². The number of aromatic amines is 1. The molecule has 1 amide bonds. The van der Waals surface area contributed by atoms with Crippen LogP contribution < -0.4 is 5.32 Å². The van der Waals surface area contributed by atoms with E-state index >= 15 is 0 Å². The highest BCUT2D eigenvalue weighted by Gasteiger charge is 2.47. The summed E-state index contributed by atoms with van der Waals surface area (Å²) in [6, 6.07) is 10.3. The Kier molecular flexibility index (Phi) is 3.45. The molecule has 3 atom stereocenters. The zero-order valence-corrected chi connectivity index (χ0v) is 14.6. The number of fused-ring (bicyclic) bond motifs is 3. The van der Waals surface area contributed by atoms with Crippen LogP contribution in [0.4, 0.5) is 5.82 Å². The number of pyridine rings is 1. The molecule has 1 saturated heterocycles. The molecule has 0 radical (unpaired) electrons. The van der Waals surface area contributed by atoms with Gasteiger partial charge in [0.15, 0.2) is 0 Å². The molecule has 6 heteroatoms. The summed E-state index contributed by atoms with van der Waals surface area (Å²) in [6.45, 7) is 2.87. The number of hydrogen-bond donors (Lipinski definition) is 2. The van der Waals surface area contributed by atoms with E-state index < -0.39 is 0 Å². The van der Waals surface area contributed by atoms with Crippen LogP contribution in [-0.4, -0.2) is 44.6 Å². The summed E-state index contributed by atoms with van der Waals surface area (Å²) in [5.41, 5.74) is 2.68. The highest BCUT2D eigenvalue weighted by Crippen LogP contribution is 2.40. The van der Waals surface area contributed by atoms with Crippen molar-refractivity contribution < 1.29 is 4.79 Å². The van der Waals surface area contributed by atoms with Gasteiger partial charge in [-0.3, -0.25) is 9.89 Å². The van der Waals surface area contributed by atoms with Crippen LogP contribution in [0, 0.1) is 12.8 Å². The molecule has 26 heavy (non-hydrogen) atoms. The average molecular weight is 347 g/mol. The maximum atomic E-state index is 13.2. The first kappa shape index (κ1) is 15.4. The number of rotatable bonds is 3. The van der Waals surface area contributed by atoms with Gasteiger partial charge in [0.1, 0.15) is 5.82 Å². The summed E-state index contributed by atoms with van der Waals surface area (Å²) < 4.78 is 0. The van der Waals surface area contributed by atoms with Gasteiger partial charge in [-0.05, 0) is 43.4 Å². The Morgan fingerprint density at radius 3 is 2.96 bits per heavy atom. The monoisotopic (exact) mass is 347 g/mol. The third-order valence-electron chi connectivity index (χ3n) is 5.69. The van der Waals surface area contributed by atoms with Crippen LogP contribution in [0.3, 0.4) is 0 Å². The number of aryl methyl sites for hydroxylation is 1. The first-order valence-corrected chi connectivity index (χ1v) is 9.11. The van der Waals surface area contributed by atoms with Gasteiger partial charge in [0.2, 0.25) is 0 Å². The largest absolute Gasteiger partial charge is 0.365 e. The van der Waals surface area contributed by atoms with Gasteiger partial charge in [0.25, 0.3) is 5.91 Å². The normalized spacial score (nSPS) is 24.3. The Bertz CT molecular complexity index is 964. The van der Waals surface area contributed by atoms with Crippen molar-refractivity contribution in [3.05, 3.63) is 53.9 Å². The highest BCUT2D eigenvalue weighted by atomic mass is 16.2. The van der Waals surface area contributed by atoms with Gasteiger partial charge >= 0.3 is 0 Å². The molecule has 1 aliphatic heterocycles. The highest BCUT2D eigenvalue weighted by molar-refractivity contribution is 6.05. The fraction of sp³-hybridized carbons (Fsp3) is 0.350. The summed E-state index contributed by atoms with van der Waals surface area (Å²) in [7, 11) is 0. The fourth-order valence-corrected chi connectivity index (χ4v) is 4.46. The van der Waals surface area contributed by atoms with E-state index in [4.69, 9.17) is 0 Å². The summed E-state index contributed by atoms with van der Waals surface area (Å²) in [5, 5.41) is 11.6. The minimum atomic E-state index is 0.0933. The Morgan fingerprint density at radius 1 is 1.23 bits per heavy atom. The zero-order chi connectivity index (χ0) is 17.7. The molecular formula is C20H21N5O. The van der Waals surface area contributed by atoms with E-state index in [0.29, 0.717) is 11.5 Å². The van der Waals surface area contributed by atoms with Gasteiger partial charge < -0.3 is 10.2 Å². The lowest BCUT2D eigenvalue weighted by atomic mass is 10.0. The molecule has 1 aliphatic carbocycles. The number of hydrogen-bond acceptors (Lipinski definition) is 4. The predicted molar refractivity (Wildman–Crippen MR) is 100 cm³/mol. The number of aromatic nitrogens is 3. The molecule has 2 fully saturated rings. The molecule has 1 aromatic carbocycles. The number of H-pyrrole nitrogens is 1. The number of likely N-dealkylation sites (tertiary alicyclic amines) is 1. The number of benzene rings is 1. The second-order valence-electron chi connectivity index (χ2n) is 7.47. The van der Waals surface area contributed by atoms with Crippen molar-refractivity contribution in [1.29, 1.82) is 0 Å². The van der Waals surface area contributed by atoms with Crippen LogP contribution >= 0.6 is 0 Å². The molecule has 1 saturated carbocycles. The number of piperidine rings is 1. The number of amides is 1. The molecule has 6 nitrogen and oxygen atoms in total. The number of carbonyl (C=O) groups excluding carboxylic acids is 1. The molecule has 2 aliphatic rings. The van der Waals surface area contributed by atoms with Crippen LogP contribution in [0.1, 0.15) is 28.8 Å². The molecule has 3 heterocycles.